The van der Waals surface area contributed by atoms with E-state index in [0.29, 0.717) is 62.4 Å². The summed E-state index contributed by atoms with van der Waals surface area (Å²) in [5.41, 5.74) is 5.05. The molecule has 3 aromatic carbocycles. The van der Waals surface area contributed by atoms with Gasteiger partial charge in [0.15, 0.2) is 5.65 Å². The fourth-order valence-electron chi connectivity index (χ4n) is 5.56. The van der Waals surface area contributed by atoms with Gasteiger partial charge in [-0.1, -0.05) is 30.3 Å². The lowest BCUT2D eigenvalue weighted by Crippen LogP contribution is -2.41. The minimum Gasteiger partial charge on any atom is -0.374 e. The monoisotopic (exact) mass is 649 g/mol. The number of benzene rings is 3. The summed E-state index contributed by atoms with van der Waals surface area (Å²) in [6.07, 6.45) is 2.02. The van der Waals surface area contributed by atoms with Crippen molar-refractivity contribution in [3.63, 3.8) is 0 Å². The van der Waals surface area contributed by atoms with Crippen LogP contribution in [0.1, 0.15) is 56.1 Å². The number of aromatic nitrogens is 3. The molecule has 0 radical (unpaired) electrons. The Labute approximate surface area is 261 Å². The van der Waals surface area contributed by atoms with Crippen LogP contribution in [0.25, 0.3) is 11.3 Å². The van der Waals surface area contributed by atoms with Crippen molar-refractivity contribution in [3.8, 4) is 11.8 Å². The number of hydrogen-bond acceptors (Lipinski definition) is 6. The quantitative estimate of drug-likeness (QED) is 0.271. The molecule has 0 saturated heterocycles. The Balaban J connectivity index is 1.47. The van der Waals surface area contributed by atoms with Gasteiger partial charge in [-0.25, -0.2) is 4.52 Å². The molecule has 10 nitrogen and oxygen atoms in total. The Bertz CT molecular complexity index is 2010. The molecule has 0 bridgehead atoms. The molecule has 1 aliphatic heterocycles. The predicted molar refractivity (Wildman–Crippen MR) is 170 cm³/mol. The molecule has 2 aromatic heterocycles. The van der Waals surface area contributed by atoms with Crippen LogP contribution in [0.15, 0.2) is 88.3 Å². The van der Waals surface area contributed by atoms with Gasteiger partial charge in [0.1, 0.15) is 6.07 Å². The van der Waals surface area contributed by atoms with Gasteiger partial charge in [-0.2, -0.15) is 10.4 Å². The van der Waals surface area contributed by atoms with Gasteiger partial charge < -0.3 is 15.5 Å². The van der Waals surface area contributed by atoms with Gasteiger partial charge in [0.25, 0.3) is 17.4 Å². The van der Waals surface area contributed by atoms with Crippen molar-refractivity contribution < 1.29 is 9.59 Å². The first-order valence-corrected chi connectivity index (χ1v) is 14.9. The molecule has 5 aromatic rings. The fraction of sp³-hybridized carbons (Fsp3) is 0.182. The number of fused-ring (bicyclic) bond motifs is 3. The molecule has 0 fully saturated rings. The van der Waals surface area contributed by atoms with Gasteiger partial charge in [0.2, 0.25) is 0 Å². The molecule has 1 atom stereocenters. The molecule has 6 rings (SSSR count). The average molecular weight is 651 g/mol. The number of nitrogens with zero attached hydrogens (tertiary/aromatic N) is 5. The van der Waals surface area contributed by atoms with E-state index in [1.165, 1.54) is 0 Å². The Kier molecular flexibility index (Phi) is 7.76. The third kappa shape index (κ3) is 5.14. The van der Waals surface area contributed by atoms with Crippen molar-refractivity contribution in [2.75, 3.05) is 18.9 Å². The standard InChI is InChI=1S/C33H28BrN7O3/c1-20(21-6-4-3-5-7-21)38-28-18-37-41-29-19-39(32(43)23-10-13-27(34)24(16-23)17-35)15-14-26(29)33(44)40(31(28)41)25-11-8-22(9-12-25)30(42)36-2/h3-13,16,18,20,38H,14-15,19H2,1-2H3,(H,36,42)/t20-/m1/s1. The number of hydrogen-bond donors (Lipinski definition) is 2. The second-order valence-corrected chi connectivity index (χ2v) is 11.4. The summed E-state index contributed by atoms with van der Waals surface area (Å²) in [4.78, 5) is 41.7. The summed E-state index contributed by atoms with van der Waals surface area (Å²) in [6, 6.07) is 23.8. The molecule has 1 aliphatic rings. The maximum atomic E-state index is 14.2. The zero-order chi connectivity index (χ0) is 31.0. The number of anilines is 1. The highest BCUT2D eigenvalue weighted by Crippen LogP contribution is 2.29. The minimum absolute atomic E-state index is 0.0933. The van der Waals surface area contributed by atoms with E-state index in [2.05, 4.69) is 32.6 Å². The van der Waals surface area contributed by atoms with E-state index < -0.39 is 0 Å². The van der Waals surface area contributed by atoms with Gasteiger partial charge >= 0.3 is 0 Å². The Morgan fingerprint density at radius 2 is 1.77 bits per heavy atom. The van der Waals surface area contributed by atoms with Crippen molar-refractivity contribution >= 4 is 39.1 Å². The highest BCUT2D eigenvalue weighted by atomic mass is 79.9. The van der Waals surface area contributed by atoms with Crippen LogP contribution in [0.2, 0.25) is 0 Å². The SMILES string of the molecule is CNC(=O)c1ccc(-n2c(=O)c3c(n4ncc(N[C@H](C)c5ccccc5)c24)CN(C(=O)c2ccc(Br)c(C#N)c2)CC3)cc1. The molecule has 0 unspecified atom stereocenters. The van der Waals surface area contributed by atoms with Crippen molar-refractivity contribution in [1.29, 1.82) is 5.26 Å². The summed E-state index contributed by atoms with van der Waals surface area (Å²) in [5.74, 6) is -0.453. The molecular weight excluding hydrogens is 622 g/mol. The van der Waals surface area contributed by atoms with Crippen LogP contribution < -0.4 is 16.2 Å². The summed E-state index contributed by atoms with van der Waals surface area (Å²) >= 11 is 3.35. The van der Waals surface area contributed by atoms with Crippen molar-refractivity contribution in [2.24, 2.45) is 0 Å². The van der Waals surface area contributed by atoms with Gasteiger partial charge in [-0.15, -0.1) is 0 Å². The highest BCUT2D eigenvalue weighted by molar-refractivity contribution is 9.10. The molecule has 2 N–H and O–H groups in total. The third-order valence-electron chi connectivity index (χ3n) is 7.90. The zero-order valence-corrected chi connectivity index (χ0v) is 25.6. The van der Waals surface area contributed by atoms with Crippen molar-refractivity contribution in [1.82, 2.24) is 24.4 Å². The van der Waals surface area contributed by atoms with Gasteiger partial charge in [-0.05, 0) is 77.3 Å². The molecule has 44 heavy (non-hydrogen) atoms. The molecule has 3 heterocycles. The molecule has 0 spiro atoms. The predicted octanol–water partition coefficient (Wildman–Crippen LogP) is 4.85. The van der Waals surface area contributed by atoms with Crippen LogP contribution in [0.4, 0.5) is 5.69 Å². The summed E-state index contributed by atoms with van der Waals surface area (Å²) in [5, 5.41) is 20.3. The third-order valence-corrected chi connectivity index (χ3v) is 8.59. The number of nitriles is 1. The van der Waals surface area contributed by atoms with E-state index in [1.807, 2.05) is 37.3 Å². The first-order chi connectivity index (χ1) is 21.3. The van der Waals surface area contributed by atoms with E-state index in [4.69, 9.17) is 5.10 Å². The number of carbonyl (C=O) groups is 2. The number of nitrogens with one attached hydrogen (secondary N) is 2. The molecule has 0 aliphatic carbocycles. The number of rotatable bonds is 6. The van der Waals surface area contributed by atoms with E-state index in [9.17, 15) is 19.6 Å². The second kappa shape index (κ2) is 11.8. The second-order valence-electron chi connectivity index (χ2n) is 10.5. The average Bonchev–Trinajstić information content (AvgIpc) is 3.47. The Hall–Kier alpha value is -5.21. The molecule has 2 amide bonds. The van der Waals surface area contributed by atoms with Gasteiger partial charge in [0.05, 0.1) is 35.4 Å². The maximum Gasteiger partial charge on any atom is 0.261 e. The highest BCUT2D eigenvalue weighted by Gasteiger charge is 2.29. The van der Waals surface area contributed by atoms with Crippen LogP contribution in [0.5, 0.6) is 0 Å². The van der Waals surface area contributed by atoms with E-state index in [-0.39, 0.29) is 30.0 Å². The minimum atomic E-state index is -0.232. The lowest BCUT2D eigenvalue weighted by atomic mass is 10.0. The van der Waals surface area contributed by atoms with E-state index in [0.717, 1.165) is 5.56 Å². The lowest BCUT2D eigenvalue weighted by Gasteiger charge is -2.30. The smallest absolute Gasteiger partial charge is 0.261 e. The summed E-state index contributed by atoms with van der Waals surface area (Å²) in [6.45, 7) is 2.53. The van der Waals surface area contributed by atoms with Crippen LogP contribution in [-0.4, -0.2) is 44.5 Å². The lowest BCUT2D eigenvalue weighted by molar-refractivity contribution is 0.0729. The number of halogens is 1. The molecular formula is C33H28BrN7O3. The normalized spacial score (nSPS) is 13.2. The van der Waals surface area contributed by atoms with Crippen LogP contribution >= 0.6 is 15.9 Å². The maximum absolute atomic E-state index is 14.2. The van der Waals surface area contributed by atoms with Crippen LogP contribution in [-0.2, 0) is 13.0 Å². The van der Waals surface area contributed by atoms with Crippen molar-refractivity contribution in [3.05, 3.63) is 127 Å². The van der Waals surface area contributed by atoms with E-state index >= 15 is 0 Å². The summed E-state index contributed by atoms with van der Waals surface area (Å²) < 4.78 is 3.96. The molecule has 11 heteroatoms. The molecule has 220 valence electrons. The largest absolute Gasteiger partial charge is 0.374 e. The topological polar surface area (TPSA) is 125 Å². The summed E-state index contributed by atoms with van der Waals surface area (Å²) in [7, 11) is 1.57. The van der Waals surface area contributed by atoms with E-state index in [1.54, 1.807) is 69.7 Å². The number of amides is 2. The number of carbonyl (C=O) groups excluding carboxylic acids is 2. The molecule has 0 saturated carbocycles. The zero-order valence-electron chi connectivity index (χ0n) is 24.0. The first kappa shape index (κ1) is 28.9. The van der Waals surface area contributed by atoms with Gasteiger partial charge in [-0.3, -0.25) is 19.0 Å². The van der Waals surface area contributed by atoms with Crippen LogP contribution in [0, 0.1) is 11.3 Å². The fourth-order valence-corrected chi connectivity index (χ4v) is 5.90. The van der Waals surface area contributed by atoms with Crippen LogP contribution in [0.3, 0.4) is 0 Å². The first-order valence-electron chi connectivity index (χ1n) is 14.1. The van der Waals surface area contributed by atoms with Gasteiger partial charge in [0, 0.05) is 40.8 Å². The Morgan fingerprint density at radius 3 is 2.48 bits per heavy atom. The Morgan fingerprint density at radius 1 is 1.05 bits per heavy atom. The van der Waals surface area contributed by atoms with Crippen molar-refractivity contribution in [2.45, 2.75) is 25.9 Å².